The highest BCUT2D eigenvalue weighted by molar-refractivity contribution is 5.99. The van der Waals surface area contributed by atoms with Crippen LogP contribution in [0.5, 0.6) is 5.75 Å². The van der Waals surface area contributed by atoms with Gasteiger partial charge in [0.15, 0.2) is 0 Å². The number of nitrogens with one attached hydrogen (secondary N) is 1. The number of nitrogens with two attached hydrogens (primary N) is 2. The number of nitrogen functional groups attached to an aromatic ring is 1. The average Bonchev–Trinajstić information content (AvgIpc) is 3.44. The summed E-state index contributed by atoms with van der Waals surface area (Å²) in [5, 5.41) is 22.4. The van der Waals surface area contributed by atoms with Gasteiger partial charge in [0.05, 0.1) is 30.2 Å². The number of carbonyl (C=O) groups is 2. The molecule has 6 N–H and O–H groups in total. The second-order valence-corrected chi connectivity index (χ2v) is 9.79. The number of alkyl halides is 3. The largest absolute Gasteiger partial charge is 0.507 e. The SMILES string of the molecule is COCCN(C(=O)CN)c1cc(-c2cc(-c3ccccc3O)nc(N)c2C#N)ccc1N1CCC(NC(=O)C(F)(F)F)C1. The second kappa shape index (κ2) is 13.0. The van der Waals surface area contributed by atoms with Crippen LogP contribution in [-0.2, 0) is 14.3 Å². The van der Waals surface area contributed by atoms with Crippen LogP contribution >= 0.6 is 0 Å². The summed E-state index contributed by atoms with van der Waals surface area (Å²) in [6, 6.07) is 14.4. The Bertz CT molecular complexity index is 1560. The van der Waals surface area contributed by atoms with Gasteiger partial charge >= 0.3 is 12.1 Å². The first-order valence-electron chi connectivity index (χ1n) is 13.2. The van der Waals surface area contributed by atoms with Gasteiger partial charge in [0.2, 0.25) is 5.91 Å². The van der Waals surface area contributed by atoms with Crippen LogP contribution < -0.4 is 26.6 Å². The number of rotatable bonds is 9. The summed E-state index contributed by atoms with van der Waals surface area (Å²) in [6.07, 6.45) is -4.76. The molecule has 0 spiro atoms. The summed E-state index contributed by atoms with van der Waals surface area (Å²) in [4.78, 5) is 32.1. The number of amides is 2. The van der Waals surface area contributed by atoms with E-state index in [-0.39, 0.29) is 49.8 Å². The van der Waals surface area contributed by atoms with Gasteiger partial charge in [0.25, 0.3) is 0 Å². The normalized spacial score (nSPS) is 14.8. The highest BCUT2D eigenvalue weighted by atomic mass is 19.4. The molecule has 0 radical (unpaired) electrons. The van der Waals surface area contributed by atoms with Crippen LogP contribution in [0.3, 0.4) is 0 Å². The van der Waals surface area contributed by atoms with Crippen LogP contribution in [0.15, 0.2) is 48.5 Å². The fraction of sp³-hybridized carbons (Fsp3) is 0.310. The highest BCUT2D eigenvalue weighted by Crippen LogP contribution is 2.39. The zero-order chi connectivity index (χ0) is 31.3. The van der Waals surface area contributed by atoms with Crippen molar-refractivity contribution in [2.45, 2.75) is 18.6 Å². The molecule has 2 amide bonds. The maximum Gasteiger partial charge on any atom is 0.471 e. The van der Waals surface area contributed by atoms with E-state index < -0.39 is 24.0 Å². The van der Waals surface area contributed by atoms with Crippen molar-refractivity contribution in [3.63, 3.8) is 0 Å². The van der Waals surface area contributed by atoms with Crippen LogP contribution in [0.4, 0.5) is 30.4 Å². The first kappa shape index (κ1) is 31.1. The van der Waals surface area contributed by atoms with Gasteiger partial charge in [-0.05, 0) is 42.3 Å². The van der Waals surface area contributed by atoms with Crippen molar-refractivity contribution >= 4 is 29.0 Å². The van der Waals surface area contributed by atoms with Crippen molar-refractivity contribution in [2.75, 3.05) is 55.4 Å². The van der Waals surface area contributed by atoms with Crippen molar-refractivity contribution in [3.05, 3.63) is 54.1 Å². The number of methoxy groups -OCH3 is 1. The van der Waals surface area contributed by atoms with E-state index in [0.29, 0.717) is 40.3 Å². The first-order valence-corrected chi connectivity index (χ1v) is 13.2. The standard InChI is InChI=1S/C29H30F3N7O4/c1-43-11-10-39(26(41)15-34)24-12-17(6-7-23(24)38-9-8-18(16-38)36-28(42)29(30,31)32)20-13-22(37-27(35)21(20)14-33)19-4-2-3-5-25(19)40/h2-7,12-13,18,40H,8-11,15-16,34H2,1H3,(H2,35,37)(H,36,42). The van der Waals surface area contributed by atoms with Crippen LogP contribution in [0.25, 0.3) is 22.4 Å². The molecule has 1 unspecified atom stereocenters. The molecule has 1 atom stereocenters. The van der Waals surface area contributed by atoms with E-state index in [2.05, 4.69) is 11.1 Å². The summed E-state index contributed by atoms with van der Waals surface area (Å²) in [5.74, 6) is -2.57. The number of nitrogens with zero attached hydrogens (tertiary/aromatic N) is 4. The Hall–Kier alpha value is -4.87. The van der Waals surface area contributed by atoms with E-state index in [9.17, 15) is 33.1 Å². The maximum atomic E-state index is 13.0. The van der Waals surface area contributed by atoms with E-state index in [1.165, 1.54) is 18.1 Å². The lowest BCUT2D eigenvalue weighted by molar-refractivity contribution is -0.174. The van der Waals surface area contributed by atoms with E-state index in [1.54, 1.807) is 47.4 Å². The summed E-state index contributed by atoms with van der Waals surface area (Å²) in [5.41, 5.74) is 14.4. The van der Waals surface area contributed by atoms with Crippen LogP contribution in [-0.4, -0.2) is 74.0 Å². The molecule has 1 aromatic heterocycles. The number of benzene rings is 2. The first-order chi connectivity index (χ1) is 20.5. The number of anilines is 3. The number of halogens is 3. The molecule has 0 bridgehead atoms. The number of phenolic OH excluding ortho intramolecular Hbond substituents is 1. The number of hydrogen-bond acceptors (Lipinski definition) is 9. The molecule has 2 heterocycles. The number of nitriles is 1. The fourth-order valence-corrected chi connectivity index (χ4v) is 4.95. The molecule has 11 nitrogen and oxygen atoms in total. The van der Waals surface area contributed by atoms with Crippen molar-refractivity contribution < 1.29 is 32.6 Å². The summed E-state index contributed by atoms with van der Waals surface area (Å²) in [6.45, 7) is 0.292. The quantitative estimate of drug-likeness (QED) is 0.290. The predicted molar refractivity (Wildman–Crippen MR) is 154 cm³/mol. The Kier molecular flexibility index (Phi) is 9.37. The topological polar surface area (TPSA) is 171 Å². The number of hydrogen-bond donors (Lipinski definition) is 4. The van der Waals surface area contributed by atoms with Gasteiger partial charge in [-0.25, -0.2) is 4.98 Å². The van der Waals surface area contributed by atoms with Crippen LogP contribution in [0, 0.1) is 11.3 Å². The zero-order valence-corrected chi connectivity index (χ0v) is 23.2. The van der Waals surface area contributed by atoms with Gasteiger partial charge < -0.3 is 36.4 Å². The molecule has 1 aliphatic rings. The molecule has 3 aromatic rings. The van der Waals surface area contributed by atoms with Crippen LogP contribution in [0.1, 0.15) is 12.0 Å². The number of aromatic nitrogens is 1. The third-order valence-corrected chi connectivity index (χ3v) is 7.03. The van der Waals surface area contributed by atoms with E-state index in [4.69, 9.17) is 16.2 Å². The molecule has 14 heteroatoms. The van der Waals surface area contributed by atoms with E-state index in [1.807, 2.05) is 5.32 Å². The van der Waals surface area contributed by atoms with Crippen molar-refractivity contribution in [2.24, 2.45) is 5.73 Å². The zero-order valence-electron chi connectivity index (χ0n) is 23.2. The Balaban J connectivity index is 1.83. The molecule has 2 aromatic carbocycles. The predicted octanol–water partition coefficient (Wildman–Crippen LogP) is 2.77. The number of para-hydroxylation sites is 1. The van der Waals surface area contributed by atoms with Gasteiger partial charge in [-0.2, -0.15) is 18.4 Å². The van der Waals surface area contributed by atoms with Gasteiger partial charge in [-0.1, -0.05) is 18.2 Å². The summed E-state index contributed by atoms with van der Waals surface area (Å²) < 4.78 is 43.7. The average molecular weight is 598 g/mol. The lowest BCUT2D eigenvalue weighted by Gasteiger charge is -2.30. The third-order valence-electron chi connectivity index (χ3n) is 7.03. The van der Waals surface area contributed by atoms with Crippen molar-refractivity contribution in [1.29, 1.82) is 5.26 Å². The smallest absolute Gasteiger partial charge is 0.471 e. The molecule has 1 saturated heterocycles. The van der Waals surface area contributed by atoms with Gasteiger partial charge in [0, 0.05) is 43.9 Å². The second-order valence-electron chi connectivity index (χ2n) is 9.79. The Morgan fingerprint density at radius 1 is 1.23 bits per heavy atom. The molecular formula is C29H30F3N7O4. The molecule has 43 heavy (non-hydrogen) atoms. The molecule has 226 valence electrons. The molecule has 1 fully saturated rings. The van der Waals surface area contributed by atoms with Crippen molar-refractivity contribution in [1.82, 2.24) is 10.3 Å². The Morgan fingerprint density at radius 3 is 2.63 bits per heavy atom. The number of carbonyl (C=O) groups excluding carboxylic acids is 2. The molecule has 4 rings (SSSR count). The number of phenols is 1. The minimum atomic E-state index is -5.01. The van der Waals surface area contributed by atoms with Gasteiger partial charge in [-0.15, -0.1) is 0 Å². The minimum Gasteiger partial charge on any atom is -0.507 e. The summed E-state index contributed by atoms with van der Waals surface area (Å²) in [7, 11) is 1.47. The lowest BCUT2D eigenvalue weighted by atomic mass is 9.97. The third kappa shape index (κ3) is 6.79. The number of pyridine rings is 1. The monoisotopic (exact) mass is 597 g/mol. The van der Waals surface area contributed by atoms with Gasteiger partial charge in [-0.3, -0.25) is 9.59 Å². The Morgan fingerprint density at radius 2 is 1.98 bits per heavy atom. The van der Waals surface area contributed by atoms with Crippen molar-refractivity contribution in [3.8, 4) is 34.2 Å². The molecule has 0 saturated carbocycles. The minimum absolute atomic E-state index is 0.0402. The maximum absolute atomic E-state index is 13.0. The molecule has 1 aliphatic heterocycles. The number of ether oxygens (including phenoxy) is 1. The van der Waals surface area contributed by atoms with Gasteiger partial charge in [0.1, 0.15) is 23.2 Å². The highest BCUT2D eigenvalue weighted by Gasteiger charge is 2.41. The fourth-order valence-electron chi connectivity index (χ4n) is 4.95. The summed E-state index contributed by atoms with van der Waals surface area (Å²) >= 11 is 0. The molecule has 0 aliphatic carbocycles. The number of aromatic hydroxyl groups is 1. The van der Waals surface area contributed by atoms with E-state index in [0.717, 1.165) is 0 Å². The van der Waals surface area contributed by atoms with E-state index >= 15 is 0 Å². The molecular weight excluding hydrogens is 567 g/mol. The van der Waals surface area contributed by atoms with Crippen LogP contribution in [0.2, 0.25) is 0 Å². The lowest BCUT2D eigenvalue weighted by Crippen LogP contribution is -2.44. The Labute approximate surface area is 245 Å².